The number of carbonyl (C=O) groups is 4. The number of thioether (sulfide) groups is 1. The summed E-state index contributed by atoms with van der Waals surface area (Å²) in [7, 11) is 0. The van der Waals surface area contributed by atoms with E-state index in [0.717, 1.165) is 28.4 Å². The van der Waals surface area contributed by atoms with Crippen LogP contribution in [0.4, 0.5) is 0 Å². The van der Waals surface area contributed by atoms with Crippen LogP contribution in [-0.2, 0) is 9.59 Å². The molecule has 0 aromatic heterocycles. The highest BCUT2D eigenvalue weighted by atomic mass is 127. The van der Waals surface area contributed by atoms with Gasteiger partial charge in [0.25, 0.3) is 11.8 Å². The molecule has 1 aromatic rings. The molecular formula is C19H21IN2O4S. The Morgan fingerprint density at radius 1 is 1.07 bits per heavy atom. The molecule has 0 aliphatic carbocycles. The van der Waals surface area contributed by atoms with Crippen LogP contribution >= 0.6 is 34.4 Å². The van der Waals surface area contributed by atoms with E-state index in [-0.39, 0.29) is 18.7 Å². The molecule has 0 spiro atoms. The Labute approximate surface area is 176 Å². The second-order valence-electron chi connectivity index (χ2n) is 6.58. The summed E-state index contributed by atoms with van der Waals surface area (Å²) in [4.78, 5) is 51.0. The summed E-state index contributed by atoms with van der Waals surface area (Å²) in [5.41, 5.74) is 0.740. The first kappa shape index (κ1) is 20.3. The van der Waals surface area contributed by atoms with Gasteiger partial charge in [0.2, 0.25) is 11.8 Å². The van der Waals surface area contributed by atoms with E-state index in [0.29, 0.717) is 11.1 Å². The number of fused-ring (bicyclic) bond motifs is 1. The molecule has 1 fully saturated rings. The molecule has 27 heavy (non-hydrogen) atoms. The number of benzene rings is 1. The quantitative estimate of drug-likeness (QED) is 0.195. The van der Waals surface area contributed by atoms with Crippen LogP contribution in [0.25, 0.3) is 0 Å². The third-order valence-corrected chi connectivity index (χ3v) is 6.62. The summed E-state index contributed by atoms with van der Waals surface area (Å²) >= 11 is 3.96. The maximum absolute atomic E-state index is 13.0. The highest BCUT2D eigenvalue weighted by Crippen LogP contribution is 2.34. The van der Waals surface area contributed by atoms with Gasteiger partial charge in [-0.3, -0.25) is 29.4 Å². The van der Waals surface area contributed by atoms with Crippen LogP contribution in [0.5, 0.6) is 0 Å². The molecule has 1 aromatic carbocycles. The molecule has 1 saturated heterocycles. The minimum atomic E-state index is -0.916. The van der Waals surface area contributed by atoms with Crippen LogP contribution in [0.15, 0.2) is 23.1 Å². The number of imide groups is 2. The van der Waals surface area contributed by atoms with E-state index in [9.17, 15) is 19.2 Å². The maximum atomic E-state index is 13.0. The zero-order valence-corrected chi connectivity index (χ0v) is 17.8. The van der Waals surface area contributed by atoms with Crippen molar-refractivity contribution in [2.45, 2.75) is 49.5 Å². The minimum Gasteiger partial charge on any atom is -0.295 e. The normalized spacial score (nSPS) is 19.4. The number of halogens is 1. The zero-order valence-electron chi connectivity index (χ0n) is 14.8. The lowest BCUT2D eigenvalue weighted by Crippen LogP contribution is -2.54. The molecule has 144 valence electrons. The average molecular weight is 500 g/mol. The van der Waals surface area contributed by atoms with E-state index in [1.807, 2.05) is 6.07 Å². The summed E-state index contributed by atoms with van der Waals surface area (Å²) < 4.78 is 1.17. The van der Waals surface area contributed by atoms with Crippen LogP contribution in [-0.4, -0.2) is 44.8 Å². The number of piperidine rings is 1. The van der Waals surface area contributed by atoms with E-state index in [2.05, 4.69) is 27.9 Å². The summed E-state index contributed by atoms with van der Waals surface area (Å²) in [5, 5.41) is 2.22. The molecule has 4 amide bonds. The van der Waals surface area contributed by atoms with Crippen molar-refractivity contribution in [1.29, 1.82) is 0 Å². The fourth-order valence-corrected chi connectivity index (χ4v) is 4.96. The first-order valence-electron chi connectivity index (χ1n) is 9.08. The van der Waals surface area contributed by atoms with Crippen LogP contribution in [0, 0.1) is 0 Å². The minimum absolute atomic E-state index is 0.128. The van der Waals surface area contributed by atoms with Crippen LogP contribution < -0.4 is 5.32 Å². The standard InChI is InChI=1S/C19H21IN2O4S/c20-10-3-1-2-4-11-27-14-7-5-6-12-16(14)19(26)22(18(12)25)13-8-9-15(23)21-17(13)24/h5-7,13H,1-4,8-11H2,(H,21,23,24). The van der Waals surface area contributed by atoms with Crippen molar-refractivity contribution in [2.24, 2.45) is 0 Å². The van der Waals surface area contributed by atoms with Gasteiger partial charge < -0.3 is 0 Å². The second kappa shape index (κ2) is 9.18. The molecule has 1 unspecified atom stereocenters. The van der Waals surface area contributed by atoms with E-state index in [4.69, 9.17) is 0 Å². The molecular weight excluding hydrogens is 479 g/mol. The SMILES string of the molecule is O=C1CCC(N2C(=O)c3cccc(SCCCCCCI)c3C2=O)C(=O)N1. The van der Waals surface area contributed by atoms with Gasteiger partial charge in [-0.05, 0) is 41.6 Å². The number of carbonyl (C=O) groups excluding carboxylic acids is 4. The van der Waals surface area contributed by atoms with Crippen LogP contribution in [0.3, 0.4) is 0 Å². The Bertz CT molecular complexity index is 783. The van der Waals surface area contributed by atoms with Crippen molar-refractivity contribution < 1.29 is 19.2 Å². The lowest BCUT2D eigenvalue weighted by Gasteiger charge is -2.27. The van der Waals surface area contributed by atoms with E-state index < -0.39 is 23.8 Å². The van der Waals surface area contributed by atoms with Gasteiger partial charge in [0, 0.05) is 11.3 Å². The van der Waals surface area contributed by atoms with Gasteiger partial charge in [-0.25, -0.2) is 0 Å². The first-order chi connectivity index (χ1) is 13.0. The number of hydrogen-bond acceptors (Lipinski definition) is 5. The molecule has 1 N–H and O–H groups in total. The predicted octanol–water partition coefficient (Wildman–Crippen LogP) is 3.18. The maximum Gasteiger partial charge on any atom is 0.263 e. The number of nitrogens with one attached hydrogen (secondary N) is 1. The second-order valence-corrected chi connectivity index (χ2v) is 8.79. The van der Waals surface area contributed by atoms with Crippen LogP contribution in [0.1, 0.15) is 59.2 Å². The molecule has 0 bridgehead atoms. The average Bonchev–Trinajstić information content (AvgIpc) is 2.90. The molecule has 3 rings (SSSR count). The van der Waals surface area contributed by atoms with Crippen molar-refractivity contribution in [2.75, 3.05) is 10.2 Å². The van der Waals surface area contributed by atoms with E-state index in [1.165, 1.54) is 17.3 Å². The van der Waals surface area contributed by atoms with E-state index >= 15 is 0 Å². The Kier molecular flexibility index (Phi) is 6.91. The van der Waals surface area contributed by atoms with Gasteiger partial charge in [0.05, 0.1) is 11.1 Å². The molecule has 2 heterocycles. The van der Waals surface area contributed by atoms with Gasteiger partial charge >= 0.3 is 0 Å². The number of unbranched alkanes of at least 4 members (excludes halogenated alkanes) is 3. The van der Waals surface area contributed by atoms with Crippen molar-refractivity contribution in [3.8, 4) is 0 Å². The molecule has 1 atom stereocenters. The van der Waals surface area contributed by atoms with Gasteiger partial charge in [0.1, 0.15) is 6.04 Å². The fourth-order valence-electron chi connectivity index (χ4n) is 3.34. The fraction of sp³-hybridized carbons (Fsp3) is 0.474. The molecule has 0 radical (unpaired) electrons. The molecule has 0 saturated carbocycles. The van der Waals surface area contributed by atoms with Gasteiger partial charge in [0.15, 0.2) is 0 Å². The molecule has 2 aliphatic heterocycles. The van der Waals surface area contributed by atoms with Gasteiger partial charge in [-0.1, -0.05) is 41.5 Å². The molecule has 6 nitrogen and oxygen atoms in total. The number of rotatable bonds is 8. The zero-order chi connectivity index (χ0) is 19.4. The van der Waals surface area contributed by atoms with E-state index in [1.54, 1.807) is 23.9 Å². The van der Waals surface area contributed by atoms with Crippen molar-refractivity contribution >= 4 is 58.0 Å². The van der Waals surface area contributed by atoms with Crippen molar-refractivity contribution in [3.63, 3.8) is 0 Å². The largest absolute Gasteiger partial charge is 0.295 e. The Morgan fingerprint density at radius 3 is 2.59 bits per heavy atom. The predicted molar refractivity (Wildman–Crippen MR) is 111 cm³/mol. The van der Waals surface area contributed by atoms with Gasteiger partial charge in [-0.2, -0.15) is 0 Å². The Balaban J connectivity index is 1.72. The molecule has 2 aliphatic rings. The molecule has 8 heteroatoms. The summed E-state index contributed by atoms with van der Waals surface area (Å²) in [5.74, 6) is -0.944. The highest BCUT2D eigenvalue weighted by molar-refractivity contribution is 14.1. The highest BCUT2D eigenvalue weighted by Gasteiger charge is 2.45. The lowest BCUT2D eigenvalue weighted by molar-refractivity contribution is -0.136. The number of nitrogens with zero attached hydrogens (tertiary/aromatic N) is 1. The first-order valence-corrected chi connectivity index (χ1v) is 11.6. The number of alkyl halides is 1. The topological polar surface area (TPSA) is 83.6 Å². The van der Waals surface area contributed by atoms with Crippen LogP contribution in [0.2, 0.25) is 0 Å². The third-order valence-electron chi connectivity index (χ3n) is 4.72. The summed E-state index contributed by atoms with van der Waals surface area (Å²) in [6, 6.07) is 4.34. The summed E-state index contributed by atoms with van der Waals surface area (Å²) in [6.07, 6.45) is 4.94. The number of hydrogen-bond donors (Lipinski definition) is 1. The monoisotopic (exact) mass is 500 g/mol. The van der Waals surface area contributed by atoms with Crippen molar-refractivity contribution in [3.05, 3.63) is 29.3 Å². The lowest BCUT2D eigenvalue weighted by atomic mass is 10.0. The number of amides is 4. The Morgan fingerprint density at radius 2 is 1.85 bits per heavy atom. The summed E-state index contributed by atoms with van der Waals surface area (Å²) in [6.45, 7) is 0. The Hall–Kier alpha value is -1.42. The smallest absolute Gasteiger partial charge is 0.263 e. The third kappa shape index (κ3) is 4.37. The van der Waals surface area contributed by atoms with Crippen molar-refractivity contribution in [1.82, 2.24) is 10.2 Å². The van der Waals surface area contributed by atoms with Gasteiger partial charge in [-0.15, -0.1) is 11.8 Å².